The Kier molecular flexibility index (Phi) is 5.15. The highest BCUT2D eigenvalue weighted by Gasteiger charge is 2.12. The number of nitrogens with zero attached hydrogens (tertiary/aromatic N) is 1. The molecule has 1 aromatic carbocycles. The molecule has 0 bridgehead atoms. The molecule has 0 spiro atoms. The molecule has 1 unspecified atom stereocenters. The highest BCUT2D eigenvalue weighted by atomic mass is 79.9. The largest absolute Gasteiger partial charge is 0.409 e. The number of amidine groups is 1. The first kappa shape index (κ1) is 14.5. The second kappa shape index (κ2) is 6.39. The van der Waals surface area contributed by atoms with Gasteiger partial charge in [-0.2, -0.15) is 0 Å². The van der Waals surface area contributed by atoms with Gasteiger partial charge in [0.05, 0.1) is 0 Å². The Morgan fingerprint density at radius 2 is 2.28 bits per heavy atom. The minimum atomic E-state index is -0.200. The van der Waals surface area contributed by atoms with E-state index in [9.17, 15) is 4.79 Å². The lowest BCUT2D eigenvalue weighted by Gasteiger charge is -2.13. The van der Waals surface area contributed by atoms with Crippen LogP contribution in [0.3, 0.4) is 0 Å². The molecule has 0 aromatic heterocycles. The van der Waals surface area contributed by atoms with E-state index in [0.717, 1.165) is 10.0 Å². The SMILES string of the molecule is Cc1ccc(C(=O)NC(C)C/C(N)=N/O)cc1Br. The van der Waals surface area contributed by atoms with Crippen molar-refractivity contribution in [2.45, 2.75) is 26.3 Å². The van der Waals surface area contributed by atoms with Gasteiger partial charge in [0.15, 0.2) is 0 Å². The van der Waals surface area contributed by atoms with Gasteiger partial charge < -0.3 is 16.3 Å². The maximum atomic E-state index is 11.9. The van der Waals surface area contributed by atoms with Crippen LogP contribution in [-0.2, 0) is 0 Å². The summed E-state index contributed by atoms with van der Waals surface area (Å²) in [6.45, 7) is 3.74. The lowest BCUT2D eigenvalue weighted by atomic mass is 10.1. The third-order valence-electron chi connectivity index (χ3n) is 2.46. The van der Waals surface area contributed by atoms with E-state index in [1.807, 2.05) is 13.0 Å². The molecule has 5 nitrogen and oxygen atoms in total. The molecular formula is C12H16BrN3O2. The van der Waals surface area contributed by atoms with Gasteiger partial charge in [-0.05, 0) is 31.5 Å². The second-order valence-electron chi connectivity index (χ2n) is 4.13. The Hall–Kier alpha value is -1.56. The van der Waals surface area contributed by atoms with Crippen LogP contribution in [0.4, 0.5) is 0 Å². The summed E-state index contributed by atoms with van der Waals surface area (Å²) in [4.78, 5) is 11.9. The van der Waals surface area contributed by atoms with E-state index in [4.69, 9.17) is 10.9 Å². The van der Waals surface area contributed by atoms with Gasteiger partial charge in [0, 0.05) is 22.5 Å². The van der Waals surface area contributed by atoms with Crippen LogP contribution >= 0.6 is 15.9 Å². The summed E-state index contributed by atoms with van der Waals surface area (Å²) in [5.41, 5.74) is 7.01. The Bertz CT molecular complexity index is 474. The van der Waals surface area contributed by atoms with Crippen molar-refractivity contribution < 1.29 is 10.0 Å². The van der Waals surface area contributed by atoms with Crippen molar-refractivity contribution in [3.8, 4) is 0 Å². The van der Waals surface area contributed by atoms with Crippen LogP contribution in [0.2, 0.25) is 0 Å². The molecule has 98 valence electrons. The maximum Gasteiger partial charge on any atom is 0.251 e. The Balaban J connectivity index is 2.67. The quantitative estimate of drug-likeness (QED) is 0.344. The highest BCUT2D eigenvalue weighted by Crippen LogP contribution is 2.17. The Morgan fingerprint density at radius 1 is 1.61 bits per heavy atom. The van der Waals surface area contributed by atoms with Crippen LogP contribution in [0.1, 0.15) is 29.3 Å². The third-order valence-corrected chi connectivity index (χ3v) is 3.31. The summed E-state index contributed by atoms with van der Waals surface area (Å²) in [5, 5.41) is 14.1. The fourth-order valence-electron chi connectivity index (χ4n) is 1.45. The first-order valence-corrected chi connectivity index (χ1v) is 6.26. The predicted molar refractivity (Wildman–Crippen MR) is 73.8 cm³/mol. The smallest absolute Gasteiger partial charge is 0.251 e. The van der Waals surface area contributed by atoms with Crippen molar-refractivity contribution in [3.63, 3.8) is 0 Å². The number of nitrogens with one attached hydrogen (secondary N) is 1. The number of aryl methyl sites for hydroxylation is 1. The molecule has 0 aliphatic heterocycles. The second-order valence-corrected chi connectivity index (χ2v) is 4.99. The molecule has 1 aromatic rings. The molecule has 0 aliphatic rings. The van der Waals surface area contributed by atoms with E-state index in [-0.39, 0.29) is 17.8 Å². The normalized spacial score (nSPS) is 13.2. The van der Waals surface area contributed by atoms with Gasteiger partial charge in [0.25, 0.3) is 5.91 Å². The molecule has 1 amide bonds. The number of hydrogen-bond donors (Lipinski definition) is 3. The summed E-state index contributed by atoms with van der Waals surface area (Å²) in [6.07, 6.45) is 0.301. The third kappa shape index (κ3) is 4.03. The van der Waals surface area contributed by atoms with E-state index < -0.39 is 0 Å². The van der Waals surface area contributed by atoms with Gasteiger partial charge in [0.2, 0.25) is 0 Å². The fourth-order valence-corrected chi connectivity index (χ4v) is 1.83. The molecule has 0 heterocycles. The number of oxime groups is 1. The molecule has 6 heteroatoms. The zero-order valence-corrected chi connectivity index (χ0v) is 11.9. The molecular weight excluding hydrogens is 298 g/mol. The molecule has 0 aliphatic carbocycles. The van der Waals surface area contributed by atoms with Gasteiger partial charge in [-0.15, -0.1) is 0 Å². The highest BCUT2D eigenvalue weighted by molar-refractivity contribution is 9.10. The van der Waals surface area contributed by atoms with Crippen molar-refractivity contribution in [2.75, 3.05) is 0 Å². The molecule has 1 rings (SSSR count). The summed E-state index contributed by atoms with van der Waals surface area (Å²) < 4.78 is 0.888. The molecule has 0 fully saturated rings. The number of nitrogens with two attached hydrogens (primary N) is 1. The number of carbonyl (C=O) groups excluding carboxylic acids is 1. The van der Waals surface area contributed by atoms with Crippen LogP contribution in [-0.4, -0.2) is 23.0 Å². The number of hydrogen-bond acceptors (Lipinski definition) is 3. The van der Waals surface area contributed by atoms with Crippen molar-refractivity contribution in [1.29, 1.82) is 0 Å². The molecule has 18 heavy (non-hydrogen) atoms. The minimum Gasteiger partial charge on any atom is -0.409 e. The van der Waals surface area contributed by atoms with E-state index in [1.54, 1.807) is 19.1 Å². The standard InChI is InChI=1S/C12H16BrN3O2/c1-7-3-4-9(6-10(7)13)12(17)15-8(2)5-11(14)16-18/h3-4,6,8,18H,5H2,1-2H3,(H2,14,16)(H,15,17). The van der Waals surface area contributed by atoms with Gasteiger partial charge >= 0.3 is 0 Å². The number of carbonyl (C=O) groups is 1. The van der Waals surface area contributed by atoms with Crippen LogP contribution in [0.5, 0.6) is 0 Å². The van der Waals surface area contributed by atoms with Crippen molar-refractivity contribution in [3.05, 3.63) is 33.8 Å². The molecule has 1 atom stereocenters. The molecule has 4 N–H and O–H groups in total. The monoisotopic (exact) mass is 313 g/mol. The lowest BCUT2D eigenvalue weighted by molar-refractivity contribution is 0.0941. The average molecular weight is 314 g/mol. The molecule has 0 radical (unpaired) electrons. The molecule has 0 saturated heterocycles. The Morgan fingerprint density at radius 3 is 2.83 bits per heavy atom. The fraction of sp³-hybridized carbons (Fsp3) is 0.333. The van der Waals surface area contributed by atoms with Crippen LogP contribution in [0.15, 0.2) is 27.8 Å². The number of amides is 1. The maximum absolute atomic E-state index is 11.9. The summed E-state index contributed by atoms with van der Waals surface area (Å²) in [6, 6.07) is 5.19. The first-order valence-electron chi connectivity index (χ1n) is 5.47. The Labute approximate surface area is 114 Å². The number of halogens is 1. The summed E-state index contributed by atoms with van der Waals surface area (Å²) >= 11 is 3.38. The summed E-state index contributed by atoms with van der Waals surface area (Å²) in [5.74, 6) is -0.0955. The zero-order valence-electron chi connectivity index (χ0n) is 10.3. The van der Waals surface area contributed by atoms with Crippen molar-refractivity contribution >= 4 is 27.7 Å². The first-order chi connectivity index (χ1) is 8.43. The van der Waals surface area contributed by atoms with E-state index >= 15 is 0 Å². The van der Waals surface area contributed by atoms with Gasteiger partial charge in [0.1, 0.15) is 5.84 Å². The lowest BCUT2D eigenvalue weighted by Crippen LogP contribution is -2.35. The van der Waals surface area contributed by atoms with Crippen molar-refractivity contribution in [2.24, 2.45) is 10.9 Å². The van der Waals surface area contributed by atoms with Crippen LogP contribution in [0.25, 0.3) is 0 Å². The predicted octanol–water partition coefficient (Wildman–Crippen LogP) is 2.01. The van der Waals surface area contributed by atoms with Gasteiger partial charge in [-0.1, -0.05) is 27.2 Å². The van der Waals surface area contributed by atoms with Gasteiger partial charge in [-0.3, -0.25) is 4.79 Å². The van der Waals surface area contributed by atoms with E-state index in [0.29, 0.717) is 12.0 Å². The zero-order chi connectivity index (χ0) is 13.7. The minimum absolute atomic E-state index is 0.0906. The molecule has 0 saturated carbocycles. The summed E-state index contributed by atoms with van der Waals surface area (Å²) in [7, 11) is 0. The number of rotatable bonds is 4. The van der Waals surface area contributed by atoms with Crippen molar-refractivity contribution in [1.82, 2.24) is 5.32 Å². The van der Waals surface area contributed by atoms with Gasteiger partial charge in [-0.25, -0.2) is 0 Å². The van der Waals surface area contributed by atoms with Crippen LogP contribution in [0, 0.1) is 6.92 Å². The topological polar surface area (TPSA) is 87.7 Å². The van der Waals surface area contributed by atoms with Crippen LogP contribution < -0.4 is 11.1 Å². The van der Waals surface area contributed by atoms with E-state index in [2.05, 4.69) is 26.4 Å². The number of benzene rings is 1. The average Bonchev–Trinajstić information content (AvgIpc) is 2.32. The van der Waals surface area contributed by atoms with E-state index in [1.165, 1.54) is 0 Å².